The standard InChI is InChI=1S/C16H25NO2S/c1-11(2)17-14(15(18)19)10-20-13-8-6-12(7-9-13)16(3,4)5/h6-9,11,14,17H,10H2,1-5H3,(H,18,19). The fraction of sp³-hybridized carbons (Fsp3) is 0.562. The van der Waals surface area contributed by atoms with E-state index in [9.17, 15) is 9.90 Å². The van der Waals surface area contributed by atoms with Crippen LogP contribution in [0.15, 0.2) is 29.2 Å². The first-order valence-corrected chi connectivity index (χ1v) is 7.91. The zero-order valence-corrected chi connectivity index (χ0v) is 13.8. The molecule has 4 heteroatoms. The number of rotatable bonds is 6. The molecule has 2 N–H and O–H groups in total. The second kappa shape index (κ2) is 7.14. The summed E-state index contributed by atoms with van der Waals surface area (Å²) in [7, 11) is 0. The molecule has 0 aromatic heterocycles. The molecule has 0 fully saturated rings. The second-order valence-corrected chi connectivity index (χ2v) is 7.39. The Kier molecular flexibility index (Phi) is 6.08. The number of carboxylic acid groups (broad SMARTS) is 1. The largest absolute Gasteiger partial charge is 0.480 e. The van der Waals surface area contributed by atoms with E-state index in [0.717, 1.165) is 4.90 Å². The summed E-state index contributed by atoms with van der Waals surface area (Å²) in [6, 6.07) is 8.03. The number of carbonyl (C=O) groups is 1. The first-order chi connectivity index (χ1) is 9.20. The zero-order chi connectivity index (χ0) is 15.3. The molecule has 1 aromatic rings. The predicted molar refractivity (Wildman–Crippen MR) is 85.6 cm³/mol. The van der Waals surface area contributed by atoms with Crippen LogP contribution in [-0.2, 0) is 10.2 Å². The Bertz CT molecular complexity index is 435. The second-order valence-electron chi connectivity index (χ2n) is 6.30. The van der Waals surface area contributed by atoms with Crippen molar-refractivity contribution in [3.63, 3.8) is 0 Å². The fourth-order valence-corrected chi connectivity index (χ4v) is 2.75. The van der Waals surface area contributed by atoms with Gasteiger partial charge in [-0.2, -0.15) is 0 Å². The van der Waals surface area contributed by atoms with Crippen molar-refractivity contribution < 1.29 is 9.90 Å². The minimum absolute atomic E-state index is 0.145. The number of hydrogen-bond acceptors (Lipinski definition) is 3. The Balaban J connectivity index is 2.62. The lowest BCUT2D eigenvalue weighted by Gasteiger charge is -2.19. The molecule has 0 amide bonds. The molecule has 1 rings (SSSR count). The molecule has 0 saturated carbocycles. The first-order valence-electron chi connectivity index (χ1n) is 6.92. The van der Waals surface area contributed by atoms with E-state index in [1.165, 1.54) is 5.56 Å². The lowest BCUT2D eigenvalue weighted by molar-refractivity contribution is -0.139. The van der Waals surface area contributed by atoms with E-state index in [-0.39, 0.29) is 11.5 Å². The molecule has 0 aliphatic heterocycles. The Labute approximate surface area is 126 Å². The van der Waals surface area contributed by atoms with Crippen molar-refractivity contribution in [3.05, 3.63) is 29.8 Å². The van der Waals surface area contributed by atoms with Crippen molar-refractivity contribution in [1.82, 2.24) is 5.32 Å². The average Bonchev–Trinajstić information content (AvgIpc) is 2.33. The first kappa shape index (κ1) is 17.1. The summed E-state index contributed by atoms with van der Waals surface area (Å²) >= 11 is 1.57. The van der Waals surface area contributed by atoms with Gasteiger partial charge in [-0.05, 0) is 23.1 Å². The molecule has 1 unspecified atom stereocenters. The van der Waals surface area contributed by atoms with Gasteiger partial charge in [-0.1, -0.05) is 46.8 Å². The van der Waals surface area contributed by atoms with Crippen LogP contribution in [0.25, 0.3) is 0 Å². The van der Waals surface area contributed by atoms with E-state index in [4.69, 9.17) is 0 Å². The van der Waals surface area contributed by atoms with E-state index < -0.39 is 12.0 Å². The van der Waals surface area contributed by atoms with E-state index >= 15 is 0 Å². The number of benzene rings is 1. The van der Waals surface area contributed by atoms with Crippen LogP contribution in [0, 0.1) is 0 Å². The van der Waals surface area contributed by atoms with Gasteiger partial charge >= 0.3 is 5.97 Å². The van der Waals surface area contributed by atoms with Crippen LogP contribution < -0.4 is 5.32 Å². The van der Waals surface area contributed by atoms with Gasteiger partial charge in [0.2, 0.25) is 0 Å². The number of aliphatic carboxylic acids is 1. The zero-order valence-electron chi connectivity index (χ0n) is 12.9. The van der Waals surface area contributed by atoms with Crippen molar-refractivity contribution in [3.8, 4) is 0 Å². The molecular formula is C16H25NO2S. The molecule has 0 saturated heterocycles. The number of thioether (sulfide) groups is 1. The third kappa shape index (κ3) is 5.55. The summed E-state index contributed by atoms with van der Waals surface area (Å²) in [5, 5.41) is 12.2. The summed E-state index contributed by atoms with van der Waals surface area (Å²) in [5.74, 6) is -0.264. The van der Waals surface area contributed by atoms with Gasteiger partial charge < -0.3 is 10.4 Å². The highest BCUT2D eigenvalue weighted by Gasteiger charge is 2.18. The summed E-state index contributed by atoms with van der Waals surface area (Å²) in [6.07, 6.45) is 0. The normalized spacial score (nSPS) is 13.5. The van der Waals surface area contributed by atoms with Crippen LogP contribution in [0.1, 0.15) is 40.2 Å². The van der Waals surface area contributed by atoms with E-state index in [0.29, 0.717) is 5.75 Å². The Morgan fingerprint density at radius 1 is 1.25 bits per heavy atom. The van der Waals surface area contributed by atoms with Gasteiger partial charge in [0, 0.05) is 16.7 Å². The maximum atomic E-state index is 11.2. The van der Waals surface area contributed by atoms with E-state index in [1.54, 1.807) is 11.8 Å². The van der Waals surface area contributed by atoms with Crippen molar-refractivity contribution >= 4 is 17.7 Å². The monoisotopic (exact) mass is 295 g/mol. The molecule has 1 aromatic carbocycles. The quantitative estimate of drug-likeness (QED) is 0.788. The molecule has 0 aliphatic carbocycles. The summed E-state index contributed by atoms with van der Waals surface area (Å²) in [4.78, 5) is 12.3. The summed E-state index contributed by atoms with van der Waals surface area (Å²) < 4.78 is 0. The minimum atomic E-state index is -0.794. The van der Waals surface area contributed by atoms with Gasteiger partial charge in [-0.25, -0.2) is 0 Å². The van der Waals surface area contributed by atoms with Gasteiger partial charge in [0.15, 0.2) is 0 Å². The molecule has 0 bridgehead atoms. The van der Waals surface area contributed by atoms with Crippen molar-refractivity contribution in [1.29, 1.82) is 0 Å². The van der Waals surface area contributed by atoms with E-state index in [1.807, 2.05) is 13.8 Å². The Hall–Kier alpha value is -1.00. The SMILES string of the molecule is CC(C)NC(CSc1ccc(C(C)(C)C)cc1)C(=O)O. The predicted octanol–water partition coefficient (Wildman–Crippen LogP) is 3.53. The molecular weight excluding hydrogens is 270 g/mol. The number of carboxylic acids is 1. The topological polar surface area (TPSA) is 49.3 Å². The van der Waals surface area contributed by atoms with Crippen molar-refractivity contribution in [2.75, 3.05) is 5.75 Å². The maximum absolute atomic E-state index is 11.2. The molecule has 0 spiro atoms. The molecule has 112 valence electrons. The van der Waals surface area contributed by atoms with Crippen LogP contribution in [0.5, 0.6) is 0 Å². The highest BCUT2D eigenvalue weighted by Crippen LogP contribution is 2.26. The number of hydrogen-bond donors (Lipinski definition) is 2. The van der Waals surface area contributed by atoms with Crippen molar-refractivity contribution in [2.45, 2.75) is 57.0 Å². The minimum Gasteiger partial charge on any atom is -0.480 e. The molecule has 0 aliphatic rings. The van der Waals surface area contributed by atoms with Crippen molar-refractivity contribution in [2.24, 2.45) is 0 Å². The maximum Gasteiger partial charge on any atom is 0.321 e. The molecule has 0 heterocycles. The van der Waals surface area contributed by atoms with Gasteiger partial charge in [-0.15, -0.1) is 11.8 Å². The Morgan fingerprint density at radius 2 is 1.80 bits per heavy atom. The van der Waals surface area contributed by atoms with Gasteiger partial charge in [0.25, 0.3) is 0 Å². The molecule has 20 heavy (non-hydrogen) atoms. The highest BCUT2D eigenvalue weighted by molar-refractivity contribution is 7.99. The van der Waals surface area contributed by atoms with Crippen LogP contribution >= 0.6 is 11.8 Å². The molecule has 1 atom stereocenters. The average molecular weight is 295 g/mol. The molecule has 0 radical (unpaired) electrons. The van der Waals surface area contributed by atoms with Gasteiger partial charge in [0.05, 0.1) is 0 Å². The van der Waals surface area contributed by atoms with Crippen LogP contribution in [0.4, 0.5) is 0 Å². The van der Waals surface area contributed by atoms with Gasteiger partial charge in [0.1, 0.15) is 6.04 Å². The Morgan fingerprint density at radius 3 is 2.20 bits per heavy atom. The fourth-order valence-electron chi connectivity index (χ4n) is 1.82. The number of nitrogens with one attached hydrogen (secondary N) is 1. The third-order valence-corrected chi connectivity index (χ3v) is 4.08. The van der Waals surface area contributed by atoms with Crippen LogP contribution in [0.3, 0.4) is 0 Å². The highest BCUT2D eigenvalue weighted by atomic mass is 32.2. The van der Waals surface area contributed by atoms with Crippen LogP contribution in [-0.4, -0.2) is 28.9 Å². The summed E-state index contributed by atoms with van der Waals surface area (Å²) in [6.45, 7) is 10.5. The lowest BCUT2D eigenvalue weighted by Crippen LogP contribution is -2.42. The molecule has 3 nitrogen and oxygen atoms in total. The van der Waals surface area contributed by atoms with Gasteiger partial charge in [-0.3, -0.25) is 4.79 Å². The lowest BCUT2D eigenvalue weighted by atomic mass is 9.87. The third-order valence-electron chi connectivity index (χ3n) is 2.97. The smallest absolute Gasteiger partial charge is 0.321 e. The van der Waals surface area contributed by atoms with Crippen LogP contribution in [0.2, 0.25) is 0 Å². The van der Waals surface area contributed by atoms with E-state index in [2.05, 4.69) is 50.4 Å². The summed E-state index contributed by atoms with van der Waals surface area (Å²) in [5.41, 5.74) is 1.43.